The number of aromatic nitrogens is 3. The molecule has 27 heavy (non-hydrogen) atoms. The minimum atomic E-state index is -0.452. The van der Waals surface area contributed by atoms with Gasteiger partial charge in [0.05, 0.1) is 20.4 Å². The maximum absolute atomic E-state index is 12.7. The zero-order valence-corrected chi connectivity index (χ0v) is 16.3. The number of nitrogens with zero attached hydrogens (tertiary/aromatic N) is 3. The summed E-state index contributed by atoms with van der Waals surface area (Å²) in [5.74, 6) is 0.721. The van der Waals surface area contributed by atoms with Gasteiger partial charge in [0, 0.05) is 11.5 Å². The number of methoxy groups -OCH3 is 2. The zero-order chi connectivity index (χ0) is 19.6. The van der Waals surface area contributed by atoms with E-state index in [1.165, 1.54) is 36.3 Å². The predicted octanol–water partition coefficient (Wildman–Crippen LogP) is 2.93. The van der Waals surface area contributed by atoms with Crippen molar-refractivity contribution in [3.05, 3.63) is 45.3 Å². The molecule has 9 heteroatoms. The van der Waals surface area contributed by atoms with E-state index in [0.29, 0.717) is 22.0 Å². The lowest BCUT2D eigenvalue weighted by Gasteiger charge is -2.09. The van der Waals surface area contributed by atoms with Gasteiger partial charge in [0.1, 0.15) is 10.7 Å². The van der Waals surface area contributed by atoms with Gasteiger partial charge in [-0.25, -0.2) is 4.98 Å². The van der Waals surface area contributed by atoms with Crippen LogP contribution in [0, 0.1) is 0 Å². The van der Waals surface area contributed by atoms with Crippen LogP contribution in [0.15, 0.2) is 29.2 Å². The molecule has 0 radical (unpaired) electrons. The summed E-state index contributed by atoms with van der Waals surface area (Å²) in [4.78, 5) is 29.9. The molecule has 1 aromatic carbocycles. The van der Waals surface area contributed by atoms with Crippen LogP contribution in [0.25, 0.3) is 4.96 Å². The number of fused-ring (bicyclic) bond motifs is 1. The summed E-state index contributed by atoms with van der Waals surface area (Å²) in [6.45, 7) is 4.10. The second-order valence-corrected chi connectivity index (χ2v) is 6.93. The first-order chi connectivity index (χ1) is 13.0. The van der Waals surface area contributed by atoms with E-state index in [9.17, 15) is 9.59 Å². The monoisotopic (exact) mass is 388 g/mol. The van der Waals surface area contributed by atoms with Crippen molar-refractivity contribution in [3.8, 4) is 11.5 Å². The maximum atomic E-state index is 12.7. The van der Waals surface area contributed by atoms with E-state index in [4.69, 9.17) is 9.47 Å². The van der Waals surface area contributed by atoms with Crippen molar-refractivity contribution in [2.75, 3.05) is 19.5 Å². The van der Waals surface area contributed by atoms with Gasteiger partial charge in [-0.1, -0.05) is 25.2 Å². The lowest BCUT2D eigenvalue weighted by atomic mass is 10.1. The van der Waals surface area contributed by atoms with Crippen molar-refractivity contribution in [2.24, 2.45) is 0 Å². The largest absolute Gasteiger partial charge is 0.493 e. The van der Waals surface area contributed by atoms with Gasteiger partial charge in [0.2, 0.25) is 4.96 Å². The van der Waals surface area contributed by atoms with Gasteiger partial charge < -0.3 is 14.8 Å². The molecule has 0 spiro atoms. The Kier molecular flexibility index (Phi) is 5.41. The third-order valence-corrected chi connectivity index (χ3v) is 5.38. The lowest BCUT2D eigenvalue weighted by Crippen LogP contribution is -2.23. The molecule has 0 fully saturated rings. The Bertz CT molecular complexity index is 1040. The Labute approximate surface area is 159 Å². The second-order valence-electron chi connectivity index (χ2n) is 5.94. The number of hydrogen-bond donors (Lipinski definition) is 1. The fourth-order valence-electron chi connectivity index (χ4n) is 2.43. The number of nitrogens with one attached hydrogen (secondary N) is 1. The van der Waals surface area contributed by atoms with Crippen LogP contribution in [0.1, 0.15) is 41.6 Å². The minimum absolute atomic E-state index is 0.0632. The molecule has 142 valence electrons. The van der Waals surface area contributed by atoms with Crippen LogP contribution in [-0.4, -0.2) is 34.7 Å². The van der Waals surface area contributed by atoms with E-state index in [1.54, 1.807) is 18.2 Å². The summed E-state index contributed by atoms with van der Waals surface area (Å²) >= 11 is 1.37. The van der Waals surface area contributed by atoms with Gasteiger partial charge in [-0.05, 0) is 24.6 Å². The van der Waals surface area contributed by atoms with E-state index in [-0.39, 0.29) is 11.6 Å². The number of amides is 1. The number of hydrogen-bond acceptors (Lipinski definition) is 7. The highest BCUT2D eigenvalue weighted by molar-refractivity contribution is 7.16. The Morgan fingerprint density at radius 3 is 2.70 bits per heavy atom. The van der Waals surface area contributed by atoms with Gasteiger partial charge >= 0.3 is 0 Å². The van der Waals surface area contributed by atoms with Gasteiger partial charge in [-0.2, -0.15) is 9.61 Å². The number of carbonyl (C=O) groups excluding carboxylic acids is 1. The van der Waals surface area contributed by atoms with Gasteiger partial charge in [-0.15, -0.1) is 0 Å². The van der Waals surface area contributed by atoms with Crippen LogP contribution in [0.4, 0.5) is 5.69 Å². The summed E-state index contributed by atoms with van der Waals surface area (Å²) in [6, 6.07) is 4.76. The smallest absolute Gasteiger partial charge is 0.298 e. The summed E-state index contributed by atoms with van der Waals surface area (Å²) in [7, 11) is 3.00. The third-order valence-electron chi connectivity index (χ3n) is 4.23. The molecule has 1 amide bonds. The molecular weight excluding hydrogens is 368 g/mol. The molecule has 0 bridgehead atoms. The van der Waals surface area contributed by atoms with Crippen molar-refractivity contribution in [1.82, 2.24) is 14.6 Å². The number of rotatable bonds is 6. The van der Waals surface area contributed by atoms with Crippen molar-refractivity contribution in [3.63, 3.8) is 0 Å². The summed E-state index contributed by atoms with van der Waals surface area (Å²) in [5, 5.41) is 7.78. The summed E-state index contributed by atoms with van der Waals surface area (Å²) in [6.07, 6.45) is 2.27. The molecule has 8 nitrogen and oxygen atoms in total. The summed E-state index contributed by atoms with van der Waals surface area (Å²) in [5.41, 5.74) is -0.0244. The average Bonchev–Trinajstić information content (AvgIpc) is 3.14. The minimum Gasteiger partial charge on any atom is -0.493 e. The Morgan fingerprint density at radius 2 is 2.04 bits per heavy atom. The van der Waals surface area contributed by atoms with E-state index >= 15 is 0 Å². The zero-order valence-electron chi connectivity index (χ0n) is 15.5. The number of carbonyl (C=O) groups is 1. The molecule has 0 aliphatic rings. The first-order valence-corrected chi connectivity index (χ1v) is 9.22. The topological polar surface area (TPSA) is 94.8 Å². The van der Waals surface area contributed by atoms with Gasteiger partial charge in [-0.3, -0.25) is 9.59 Å². The van der Waals surface area contributed by atoms with E-state index in [0.717, 1.165) is 11.4 Å². The standard InChI is InChI=1S/C18H20N4O4S/c1-5-10(2)16-21-22-17(24)12(9-19-18(22)27-16)20-15(23)11-6-7-13(25-3)14(8-11)26-4/h6-10H,5H2,1-4H3,(H,20,23). The second kappa shape index (κ2) is 7.75. The molecule has 3 aromatic rings. The molecule has 1 atom stereocenters. The van der Waals surface area contributed by atoms with E-state index < -0.39 is 11.5 Å². The van der Waals surface area contributed by atoms with Crippen LogP contribution >= 0.6 is 11.3 Å². The molecule has 1 N–H and O–H groups in total. The van der Waals surface area contributed by atoms with Crippen LogP contribution in [0.2, 0.25) is 0 Å². The normalized spacial score (nSPS) is 12.0. The Balaban J connectivity index is 1.91. The van der Waals surface area contributed by atoms with Gasteiger partial charge in [0.15, 0.2) is 11.5 Å². The lowest BCUT2D eigenvalue weighted by molar-refractivity contribution is 0.102. The highest BCUT2D eigenvalue weighted by atomic mass is 32.1. The van der Waals surface area contributed by atoms with Crippen LogP contribution in [0.3, 0.4) is 0 Å². The van der Waals surface area contributed by atoms with E-state index in [1.807, 2.05) is 6.92 Å². The third kappa shape index (κ3) is 3.63. The molecule has 3 rings (SSSR count). The molecule has 0 aliphatic carbocycles. The maximum Gasteiger partial charge on any atom is 0.298 e. The Hall–Kier alpha value is -2.94. The van der Waals surface area contributed by atoms with Crippen molar-refractivity contribution in [2.45, 2.75) is 26.2 Å². The number of benzene rings is 1. The predicted molar refractivity (Wildman–Crippen MR) is 103 cm³/mol. The Morgan fingerprint density at radius 1 is 1.30 bits per heavy atom. The van der Waals surface area contributed by atoms with Crippen LogP contribution in [-0.2, 0) is 0 Å². The fraction of sp³-hybridized carbons (Fsp3) is 0.333. The quantitative estimate of drug-likeness (QED) is 0.698. The highest BCUT2D eigenvalue weighted by Crippen LogP contribution is 2.28. The highest BCUT2D eigenvalue weighted by Gasteiger charge is 2.16. The number of anilines is 1. The average molecular weight is 388 g/mol. The molecule has 0 saturated heterocycles. The fourth-order valence-corrected chi connectivity index (χ4v) is 3.43. The van der Waals surface area contributed by atoms with Crippen LogP contribution < -0.4 is 20.3 Å². The molecule has 2 heterocycles. The van der Waals surface area contributed by atoms with Gasteiger partial charge in [0.25, 0.3) is 11.5 Å². The van der Waals surface area contributed by atoms with Crippen molar-refractivity contribution in [1.29, 1.82) is 0 Å². The molecule has 1 unspecified atom stereocenters. The molecular formula is C18H20N4O4S. The van der Waals surface area contributed by atoms with Crippen molar-refractivity contribution < 1.29 is 14.3 Å². The number of ether oxygens (including phenoxy) is 2. The first kappa shape index (κ1) is 18.8. The van der Waals surface area contributed by atoms with E-state index in [2.05, 4.69) is 22.3 Å². The first-order valence-electron chi connectivity index (χ1n) is 8.40. The molecule has 0 aliphatic heterocycles. The SMILES string of the molecule is CCC(C)c1nn2c(=O)c(NC(=O)c3ccc(OC)c(OC)c3)cnc2s1. The summed E-state index contributed by atoms with van der Waals surface area (Å²) < 4.78 is 11.6. The van der Waals surface area contributed by atoms with Crippen molar-refractivity contribution >= 4 is 27.9 Å². The molecule has 2 aromatic heterocycles. The van der Waals surface area contributed by atoms with Crippen LogP contribution in [0.5, 0.6) is 11.5 Å². The molecule has 0 saturated carbocycles.